The van der Waals surface area contributed by atoms with Crippen LogP contribution in [0.3, 0.4) is 0 Å². The maximum Gasteiger partial charge on any atom is 0.418 e. The number of fused-ring (bicyclic) bond motifs is 1. The monoisotopic (exact) mass is 445 g/mol. The van der Waals surface area contributed by atoms with E-state index in [0.29, 0.717) is 11.8 Å². The summed E-state index contributed by atoms with van der Waals surface area (Å²) >= 11 is 0. The van der Waals surface area contributed by atoms with Gasteiger partial charge in [-0.05, 0) is 24.0 Å². The number of nitrogens with one attached hydrogen (secondary N) is 2. The standard InChI is InChI=1S/C21H24F5N3O2/c1-19(2,14-7-12(22)8-15(23)18(14)31-3)10-20(30,21(24,25)26)11-27-16-5-4-6-17-13(16)9-28-29-17/h4-9,13,17,27,29-30H,10-11H2,1-3H3. The van der Waals surface area contributed by atoms with Crippen LogP contribution in [0.5, 0.6) is 5.75 Å². The Kier molecular flexibility index (Phi) is 6.05. The van der Waals surface area contributed by atoms with Crippen LogP contribution in [0.4, 0.5) is 22.0 Å². The highest BCUT2D eigenvalue weighted by Crippen LogP contribution is 2.44. The highest BCUT2D eigenvalue weighted by Gasteiger charge is 2.56. The van der Waals surface area contributed by atoms with Gasteiger partial charge in [0.2, 0.25) is 0 Å². The summed E-state index contributed by atoms with van der Waals surface area (Å²) in [6, 6.07) is 1.33. The number of rotatable bonds is 7. The zero-order chi connectivity index (χ0) is 23.0. The van der Waals surface area contributed by atoms with E-state index in [2.05, 4.69) is 15.8 Å². The number of nitrogens with zero attached hydrogens (tertiary/aromatic N) is 1. The molecule has 3 rings (SSSR count). The molecule has 0 bridgehead atoms. The third-order valence-corrected chi connectivity index (χ3v) is 5.59. The Labute approximate surface area is 176 Å². The van der Waals surface area contributed by atoms with Crippen LogP contribution < -0.4 is 15.5 Å². The summed E-state index contributed by atoms with van der Waals surface area (Å²) in [5.74, 6) is -2.63. The number of methoxy groups -OCH3 is 1. The molecule has 0 saturated heterocycles. The molecule has 3 atom stereocenters. The number of halogens is 5. The maximum atomic E-state index is 14.1. The molecule has 31 heavy (non-hydrogen) atoms. The molecule has 10 heteroatoms. The number of aliphatic hydroxyl groups is 1. The lowest BCUT2D eigenvalue weighted by molar-refractivity contribution is -0.264. The Morgan fingerprint density at radius 2 is 1.94 bits per heavy atom. The Balaban J connectivity index is 1.88. The minimum Gasteiger partial charge on any atom is -0.493 e. The molecule has 3 N–H and O–H groups in total. The summed E-state index contributed by atoms with van der Waals surface area (Å²) < 4.78 is 74.8. The van der Waals surface area contributed by atoms with Crippen LogP contribution in [0.25, 0.3) is 0 Å². The molecule has 1 heterocycles. The summed E-state index contributed by atoms with van der Waals surface area (Å²) in [5, 5.41) is 17.3. The smallest absolute Gasteiger partial charge is 0.418 e. The van der Waals surface area contributed by atoms with Crippen LogP contribution in [-0.4, -0.2) is 42.8 Å². The molecule has 170 valence electrons. The van der Waals surface area contributed by atoms with Crippen LogP contribution in [-0.2, 0) is 5.41 Å². The lowest BCUT2D eigenvalue weighted by atomic mass is 9.74. The van der Waals surface area contributed by atoms with E-state index in [4.69, 9.17) is 4.74 Å². The predicted octanol–water partition coefficient (Wildman–Crippen LogP) is 3.55. The Hall–Kier alpha value is -2.62. The second-order valence-corrected chi connectivity index (χ2v) is 8.38. The summed E-state index contributed by atoms with van der Waals surface area (Å²) in [7, 11) is 1.14. The van der Waals surface area contributed by atoms with Crippen molar-refractivity contribution in [2.75, 3.05) is 13.7 Å². The third-order valence-electron chi connectivity index (χ3n) is 5.59. The molecule has 3 unspecified atom stereocenters. The maximum absolute atomic E-state index is 14.1. The van der Waals surface area contributed by atoms with Crippen molar-refractivity contribution < 1.29 is 31.8 Å². The van der Waals surface area contributed by atoms with Gasteiger partial charge in [0.25, 0.3) is 0 Å². The van der Waals surface area contributed by atoms with Gasteiger partial charge in [0.1, 0.15) is 5.82 Å². The van der Waals surface area contributed by atoms with Gasteiger partial charge in [-0.2, -0.15) is 18.3 Å². The Morgan fingerprint density at radius 1 is 1.23 bits per heavy atom. The number of hydrazone groups is 1. The molecule has 1 aromatic carbocycles. The summed E-state index contributed by atoms with van der Waals surface area (Å²) in [5.41, 5.74) is -1.49. The van der Waals surface area contributed by atoms with E-state index >= 15 is 0 Å². The first-order chi connectivity index (χ1) is 14.4. The average molecular weight is 445 g/mol. The van der Waals surface area contributed by atoms with Gasteiger partial charge in [-0.1, -0.05) is 26.0 Å². The first-order valence-electron chi connectivity index (χ1n) is 9.61. The molecule has 2 aliphatic rings. The molecular formula is C21H24F5N3O2. The van der Waals surface area contributed by atoms with Gasteiger partial charge in [0, 0.05) is 23.5 Å². The SMILES string of the molecule is COc1c(F)cc(F)cc1C(C)(C)CC(O)(CNC1=CC=CC2NN=CC12)C(F)(F)F. The van der Waals surface area contributed by atoms with E-state index < -0.39 is 41.8 Å². The molecular weight excluding hydrogens is 421 g/mol. The van der Waals surface area contributed by atoms with Gasteiger partial charge in [0.15, 0.2) is 17.2 Å². The van der Waals surface area contributed by atoms with Gasteiger partial charge in [-0.3, -0.25) is 0 Å². The Morgan fingerprint density at radius 3 is 2.58 bits per heavy atom. The van der Waals surface area contributed by atoms with Crippen molar-refractivity contribution >= 4 is 6.21 Å². The molecule has 0 amide bonds. The number of hydrogen-bond acceptors (Lipinski definition) is 5. The first kappa shape index (κ1) is 23.1. The fraction of sp³-hybridized carbons (Fsp3) is 0.476. The van der Waals surface area contributed by atoms with E-state index in [1.165, 1.54) is 13.8 Å². The minimum atomic E-state index is -5.01. The predicted molar refractivity (Wildman–Crippen MR) is 106 cm³/mol. The molecule has 0 aromatic heterocycles. The zero-order valence-corrected chi connectivity index (χ0v) is 17.2. The second kappa shape index (κ2) is 8.14. The zero-order valence-electron chi connectivity index (χ0n) is 17.2. The van der Waals surface area contributed by atoms with E-state index in [0.717, 1.165) is 13.2 Å². The average Bonchev–Trinajstić information content (AvgIpc) is 3.14. The fourth-order valence-corrected chi connectivity index (χ4v) is 3.99. The largest absolute Gasteiger partial charge is 0.493 e. The number of allylic oxidation sites excluding steroid dienone is 2. The fourth-order valence-electron chi connectivity index (χ4n) is 3.99. The van der Waals surface area contributed by atoms with E-state index in [-0.39, 0.29) is 23.3 Å². The number of benzene rings is 1. The first-order valence-corrected chi connectivity index (χ1v) is 9.61. The van der Waals surface area contributed by atoms with Crippen LogP contribution in [0.1, 0.15) is 25.8 Å². The van der Waals surface area contributed by atoms with Crippen LogP contribution in [0.15, 0.2) is 41.2 Å². The van der Waals surface area contributed by atoms with Gasteiger partial charge < -0.3 is 20.6 Å². The van der Waals surface area contributed by atoms with E-state index in [1.807, 2.05) is 6.08 Å². The van der Waals surface area contributed by atoms with E-state index in [9.17, 15) is 27.1 Å². The highest BCUT2D eigenvalue weighted by atomic mass is 19.4. The molecule has 0 spiro atoms. The van der Waals surface area contributed by atoms with Crippen molar-refractivity contribution in [2.24, 2.45) is 11.0 Å². The lowest BCUT2D eigenvalue weighted by Gasteiger charge is -2.39. The molecule has 0 saturated carbocycles. The van der Waals surface area contributed by atoms with Crippen LogP contribution in [0, 0.1) is 17.6 Å². The molecule has 1 aromatic rings. The lowest BCUT2D eigenvalue weighted by Crippen LogP contribution is -2.55. The van der Waals surface area contributed by atoms with Crippen molar-refractivity contribution in [3.63, 3.8) is 0 Å². The van der Waals surface area contributed by atoms with Crippen molar-refractivity contribution in [3.05, 3.63) is 53.3 Å². The van der Waals surface area contributed by atoms with Crippen molar-refractivity contribution in [3.8, 4) is 5.75 Å². The third kappa shape index (κ3) is 4.53. The van der Waals surface area contributed by atoms with Crippen LogP contribution >= 0.6 is 0 Å². The van der Waals surface area contributed by atoms with Gasteiger partial charge in [-0.15, -0.1) is 0 Å². The van der Waals surface area contributed by atoms with Gasteiger partial charge >= 0.3 is 6.18 Å². The van der Waals surface area contributed by atoms with Gasteiger partial charge in [-0.25, -0.2) is 8.78 Å². The van der Waals surface area contributed by atoms with Gasteiger partial charge in [0.05, 0.1) is 25.6 Å². The van der Waals surface area contributed by atoms with Crippen LogP contribution in [0.2, 0.25) is 0 Å². The molecule has 1 aliphatic carbocycles. The summed E-state index contributed by atoms with van der Waals surface area (Å²) in [6.45, 7) is 1.88. The topological polar surface area (TPSA) is 65.9 Å². The number of ether oxygens (including phenoxy) is 1. The molecule has 0 fully saturated rings. The molecule has 5 nitrogen and oxygen atoms in total. The van der Waals surface area contributed by atoms with Crippen molar-refractivity contribution in [1.29, 1.82) is 0 Å². The molecule has 0 radical (unpaired) electrons. The van der Waals surface area contributed by atoms with Crippen molar-refractivity contribution in [1.82, 2.24) is 10.7 Å². The normalized spacial score (nSPS) is 22.4. The quantitative estimate of drug-likeness (QED) is 0.562. The Bertz CT molecular complexity index is 926. The number of alkyl halides is 3. The van der Waals surface area contributed by atoms with Crippen molar-refractivity contribution in [2.45, 2.75) is 43.5 Å². The minimum absolute atomic E-state index is 0.109. The second-order valence-electron chi connectivity index (χ2n) is 8.38. The summed E-state index contributed by atoms with van der Waals surface area (Å²) in [4.78, 5) is 0. The summed E-state index contributed by atoms with van der Waals surface area (Å²) in [6.07, 6.45) is 0.827. The van der Waals surface area contributed by atoms with E-state index in [1.54, 1.807) is 18.4 Å². The highest BCUT2D eigenvalue weighted by molar-refractivity contribution is 5.69. The molecule has 1 aliphatic heterocycles. The number of hydrogen-bond donors (Lipinski definition) is 3.